The lowest BCUT2D eigenvalue weighted by Crippen LogP contribution is -2.20. The molecule has 1 heterocycles. The summed E-state index contributed by atoms with van der Waals surface area (Å²) >= 11 is 0.413. The van der Waals surface area contributed by atoms with Gasteiger partial charge < -0.3 is 14.4 Å². The molecule has 170 valence electrons. The molecule has 0 saturated heterocycles. The van der Waals surface area contributed by atoms with Gasteiger partial charge in [-0.1, -0.05) is 12.1 Å². The zero-order valence-electron chi connectivity index (χ0n) is 17.3. The summed E-state index contributed by atoms with van der Waals surface area (Å²) in [7, 11) is 1.72. The highest BCUT2D eigenvalue weighted by atomic mass is 127. The molecule has 3 unspecified atom stereocenters. The van der Waals surface area contributed by atoms with Crippen molar-refractivity contribution in [2.24, 2.45) is 7.05 Å². The molecule has 3 aromatic carbocycles. The molecule has 4 aromatic rings. The Bertz CT molecular complexity index is 1370. The monoisotopic (exact) mass is 582 g/mol. The third-order valence-corrected chi connectivity index (χ3v) is 7.81. The van der Waals surface area contributed by atoms with E-state index < -0.39 is 23.0 Å². The standard InChI is InChI=1S/C23H18F3IN4OS/c1-31-11-28-23-19(31)10-18(22(21(23)26)29-17-6-5-14(27)8-16(17)25)30-33(32)20-9-15(20)12-3-2-4-13(24)7-12/h2-8,10-11,15,20,29-30H,9H2,1H3. The summed E-state index contributed by atoms with van der Waals surface area (Å²) in [6.45, 7) is 0. The smallest absolute Gasteiger partial charge is 0.176 e. The Kier molecular flexibility index (Phi) is 5.91. The third-order valence-electron chi connectivity index (χ3n) is 5.65. The maximum atomic E-state index is 15.4. The van der Waals surface area contributed by atoms with E-state index in [1.807, 2.05) is 22.6 Å². The summed E-state index contributed by atoms with van der Waals surface area (Å²) in [4.78, 5) is 4.10. The molecule has 5 rings (SSSR count). The largest absolute Gasteiger partial charge is 0.593 e. The van der Waals surface area contributed by atoms with E-state index in [-0.39, 0.29) is 39.6 Å². The first-order valence-electron chi connectivity index (χ1n) is 10.1. The second kappa shape index (κ2) is 8.73. The van der Waals surface area contributed by atoms with E-state index in [9.17, 15) is 13.3 Å². The first-order valence-corrected chi connectivity index (χ1v) is 12.4. The van der Waals surface area contributed by atoms with Crippen molar-refractivity contribution in [3.8, 4) is 0 Å². The van der Waals surface area contributed by atoms with Crippen LogP contribution in [0.5, 0.6) is 0 Å². The van der Waals surface area contributed by atoms with Crippen LogP contribution in [0.3, 0.4) is 0 Å². The van der Waals surface area contributed by atoms with Crippen molar-refractivity contribution >= 4 is 62.0 Å². The van der Waals surface area contributed by atoms with Gasteiger partial charge in [-0.3, -0.25) is 0 Å². The number of hydrogen-bond donors (Lipinski definition) is 2. The van der Waals surface area contributed by atoms with Crippen LogP contribution < -0.4 is 10.0 Å². The fourth-order valence-electron chi connectivity index (χ4n) is 3.83. The molecule has 1 aromatic heterocycles. The van der Waals surface area contributed by atoms with Crippen LogP contribution in [0.4, 0.5) is 30.2 Å². The lowest BCUT2D eigenvalue weighted by atomic mass is 10.1. The molecule has 0 aliphatic heterocycles. The molecule has 1 aliphatic carbocycles. The minimum Gasteiger partial charge on any atom is -0.593 e. The van der Waals surface area contributed by atoms with Gasteiger partial charge in [0.2, 0.25) is 0 Å². The molecular weight excluding hydrogens is 564 g/mol. The molecular formula is C23H18F3IN4OS. The normalized spacial score (nSPS) is 18.4. The fourth-order valence-corrected chi connectivity index (χ4v) is 5.65. The van der Waals surface area contributed by atoms with Gasteiger partial charge in [0.25, 0.3) is 0 Å². The average molecular weight is 582 g/mol. The summed E-state index contributed by atoms with van der Waals surface area (Å²) in [5, 5.41) is 2.55. The van der Waals surface area contributed by atoms with Crippen LogP contribution >= 0.6 is 22.6 Å². The van der Waals surface area contributed by atoms with Crippen LogP contribution in [-0.2, 0) is 18.4 Å². The Balaban J connectivity index is 1.47. The van der Waals surface area contributed by atoms with E-state index in [1.54, 1.807) is 35.9 Å². The molecule has 1 saturated carbocycles. The van der Waals surface area contributed by atoms with Crippen molar-refractivity contribution in [1.82, 2.24) is 9.55 Å². The van der Waals surface area contributed by atoms with Gasteiger partial charge in [0.15, 0.2) is 5.82 Å². The Labute approximate surface area is 204 Å². The summed E-state index contributed by atoms with van der Waals surface area (Å²) in [6, 6.07) is 12.4. The van der Waals surface area contributed by atoms with E-state index in [2.05, 4.69) is 15.0 Å². The van der Waals surface area contributed by atoms with E-state index in [4.69, 9.17) is 0 Å². The minimum absolute atomic E-state index is 0.0439. The maximum absolute atomic E-state index is 15.4. The third kappa shape index (κ3) is 4.38. The average Bonchev–Trinajstić information content (AvgIpc) is 3.50. The Morgan fingerprint density at radius 3 is 2.70 bits per heavy atom. The van der Waals surface area contributed by atoms with E-state index in [0.29, 0.717) is 15.5 Å². The quantitative estimate of drug-likeness (QED) is 0.217. The van der Waals surface area contributed by atoms with Gasteiger partial charge in [-0.25, -0.2) is 22.9 Å². The second-order valence-corrected chi connectivity index (χ2v) is 10.6. The van der Waals surface area contributed by atoms with Gasteiger partial charge in [-0.15, -0.1) is 0 Å². The fraction of sp³-hybridized carbons (Fsp3) is 0.174. The molecule has 0 amide bonds. The lowest BCUT2D eigenvalue weighted by Gasteiger charge is -2.18. The number of anilines is 3. The van der Waals surface area contributed by atoms with Crippen LogP contribution in [-0.4, -0.2) is 19.4 Å². The number of imidazole rings is 1. The lowest BCUT2D eigenvalue weighted by molar-refractivity contribution is 0.597. The van der Waals surface area contributed by atoms with Gasteiger partial charge in [-0.2, -0.15) is 0 Å². The summed E-state index contributed by atoms with van der Waals surface area (Å²) < 4.78 is 61.8. The summed E-state index contributed by atoms with van der Waals surface area (Å²) in [5.41, 5.74) is 1.66. The van der Waals surface area contributed by atoms with Gasteiger partial charge in [-0.05, 0) is 64.6 Å². The maximum Gasteiger partial charge on any atom is 0.176 e. The first kappa shape index (κ1) is 22.4. The number of hydrogen-bond acceptors (Lipinski definition) is 4. The van der Waals surface area contributed by atoms with Crippen molar-refractivity contribution in [3.63, 3.8) is 0 Å². The molecule has 0 bridgehead atoms. The number of rotatable bonds is 6. The number of aromatic nitrogens is 2. The number of halogens is 4. The Morgan fingerprint density at radius 1 is 1.12 bits per heavy atom. The molecule has 0 radical (unpaired) electrons. The molecule has 2 N–H and O–H groups in total. The Morgan fingerprint density at radius 2 is 1.94 bits per heavy atom. The van der Waals surface area contributed by atoms with Crippen molar-refractivity contribution in [2.75, 3.05) is 10.0 Å². The van der Waals surface area contributed by atoms with Crippen LogP contribution in [0, 0.1) is 21.0 Å². The van der Waals surface area contributed by atoms with Crippen molar-refractivity contribution in [3.05, 3.63) is 81.4 Å². The number of nitrogens with one attached hydrogen (secondary N) is 2. The van der Waals surface area contributed by atoms with Gasteiger partial charge in [0, 0.05) is 23.0 Å². The minimum atomic E-state index is -1.58. The molecule has 33 heavy (non-hydrogen) atoms. The first-order chi connectivity index (χ1) is 15.8. The second-order valence-electron chi connectivity index (χ2n) is 7.92. The molecule has 0 spiro atoms. The number of aryl methyl sites for hydroxylation is 1. The molecule has 1 fully saturated rings. The molecule has 3 atom stereocenters. The topological polar surface area (TPSA) is 64.9 Å². The molecule has 1 aliphatic rings. The van der Waals surface area contributed by atoms with Gasteiger partial charge in [0.05, 0.1) is 28.9 Å². The Hall–Kier alpha value is -2.44. The van der Waals surface area contributed by atoms with Gasteiger partial charge in [0.1, 0.15) is 33.8 Å². The van der Waals surface area contributed by atoms with Crippen LogP contribution in [0.2, 0.25) is 0 Å². The number of nitrogens with zero attached hydrogens (tertiary/aromatic N) is 2. The highest BCUT2D eigenvalue weighted by molar-refractivity contribution is 14.1. The van der Waals surface area contributed by atoms with Crippen molar-refractivity contribution in [2.45, 2.75) is 17.6 Å². The highest BCUT2D eigenvalue weighted by Crippen LogP contribution is 2.47. The predicted octanol–water partition coefficient (Wildman–Crippen LogP) is 5.97. The van der Waals surface area contributed by atoms with Crippen LogP contribution in [0.25, 0.3) is 11.0 Å². The van der Waals surface area contributed by atoms with Gasteiger partial charge >= 0.3 is 0 Å². The summed E-state index contributed by atoms with van der Waals surface area (Å²) in [6.07, 6.45) is 2.10. The predicted molar refractivity (Wildman–Crippen MR) is 132 cm³/mol. The van der Waals surface area contributed by atoms with Crippen molar-refractivity contribution in [1.29, 1.82) is 0 Å². The van der Waals surface area contributed by atoms with Crippen LogP contribution in [0.15, 0.2) is 54.9 Å². The number of benzene rings is 3. The number of fused-ring (bicyclic) bond motifs is 1. The van der Waals surface area contributed by atoms with E-state index >= 15 is 4.39 Å². The SMILES string of the molecule is Cn1cnc2c(F)c(Nc3ccc(I)cc3F)c(N[S+]([O-])C3CC3c3cccc(F)c3)cc21. The van der Waals surface area contributed by atoms with Crippen LogP contribution in [0.1, 0.15) is 17.9 Å². The molecule has 5 nitrogen and oxygen atoms in total. The van der Waals surface area contributed by atoms with E-state index in [0.717, 1.165) is 5.56 Å². The zero-order valence-corrected chi connectivity index (χ0v) is 20.3. The van der Waals surface area contributed by atoms with E-state index in [1.165, 1.54) is 30.6 Å². The highest BCUT2D eigenvalue weighted by Gasteiger charge is 2.49. The molecule has 10 heteroatoms. The summed E-state index contributed by atoms with van der Waals surface area (Å²) in [5.74, 6) is -1.61. The zero-order chi connectivity index (χ0) is 23.3. The van der Waals surface area contributed by atoms with Crippen molar-refractivity contribution < 1.29 is 17.7 Å².